The lowest BCUT2D eigenvalue weighted by molar-refractivity contribution is 0.178. The second-order valence-electron chi connectivity index (χ2n) is 3.20. The van der Waals surface area contributed by atoms with Crippen molar-refractivity contribution in [1.29, 1.82) is 0 Å². The SMILES string of the molecule is Cc1cc(F)cc(C(CCO)OP)c1. The van der Waals surface area contributed by atoms with Crippen LogP contribution in [-0.4, -0.2) is 11.7 Å². The van der Waals surface area contributed by atoms with Crippen LogP contribution in [0.4, 0.5) is 4.39 Å². The molecule has 2 unspecified atom stereocenters. The molecule has 0 aliphatic carbocycles. The molecule has 0 amide bonds. The van der Waals surface area contributed by atoms with Gasteiger partial charge in [-0.2, -0.15) is 0 Å². The van der Waals surface area contributed by atoms with Gasteiger partial charge in [0.2, 0.25) is 0 Å². The molecule has 0 heterocycles. The molecule has 0 aromatic heterocycles. The second-order valence-corrected chi connectivity index (χ2v) is 3.47. The van der Waals surface area contributed by atoms with Gasteiger partial charge in [-0.05, 0) is 30.2 Å². The van der Waals surface area contributed by atoms with E-state index in [4.69, 9.17) is 9.63 Å². The molecule has 0 fully saturated rings. The standard InChI is InChI=1S/C10H14FO2P/c1-7-4-8(6-9(11)5-7)10(13-14)2-3-12/h4-6,10,12H,2-3,14H2,1H3. The zero-order chi connectivity index (χ0) is 10.6. The normalized spacial score (nSPS) is 12.9. The van der Waals surface area contributed by atoms with Gasteiger partial charge in [-0.25, -0.2) is 4.39 Å². The summed E-state index contributed by atoms with van der Waals surface area (Å²) < 4.78 is 18.1. The fourth-order valence-electron chi connectivity index (χ4n) is 1.38. The highest BCUT2D eigenvalue weighted by molar-refractivity contribution is 7.09. The Kier molecular flexibility index (Phi) is 4.46. The predicted molar refractivity (Wildman–Crippen MR) is 56.4 cm³/mol. The van der Waals surface area contributed by atoms with Crippen LogP contribution >= 0.6 is 9.47 Å². The summed E-state index contributed by atoms with van der Waals surface area (Å²) in [5, 5.41) is 8.78. The van der Waals surface area contributed by atoms with Crippen molar-refractivity contribution in [3.8, 4) is 0 Å². The molecule has 2 atom stereocenters. The van der Waals surface area contributed by atoms with Gasteiger partial charge in [0, 0.05) is 22.5 Å². The van der Waals surface area contributed by atoms with Crippen LogP contribution in [0.3, 0.4) is 0 Å². The van der Waals surface area contributed by atoms with Crippen molar-refractivity contribution in [3.05, 3.63) is 35.1 Å². The molecular formula is C10H14FO2P. The van der Waals surface area contributed by atoms with Gasteiger partial charge in [0.15, 0.2) is 0 Å². The van der Waals surface area contributed by atoms with Crippen molar-refractivity contribution in [3.63, 3.8) is 0 Å². The van der Waals surface area contributed by atoms with Crippen LogP contribution in [0.5, 0.6) is 0 Å². The summed E-state index contributed by atoms with van der Waals surface area (Å²) in [5.41, 5.74) is 1.61. The minimum atomic E-state index is -0.273. The lowest BCUT2D eigenvalue weighted by Crippen LogP contribution is -2.02. The van der Waals surface area contributed by atoms with Gasteiger partial charge in [-0.1, -0.05) is 6.07 Å². The molecule has 78 valence electrons. The highest BCUT2D eigenvalue weighted by atomic mass is 31.0. The van der Waals surface area contributed by atoms with Crippen LogP contribution < -0.4 is 0 Å². The Hall–Kier alpha value is -0.500. The van der Waals surface area contributed by atoms with E-state index in [1.807, 2.05) is 13.0 Å². The monoisotopic (exact) mass is 216 g/mol. The molecule has 0 aliphatic heterocycles. The van der Waals surface area contributed by atoms with Crippen molar-refractivity contribution in [2.24, 2.45) is 0 Å². The van der Waals surface area contributed by atoms with E-state index in [0.717, 1.165) is 11.1 Å². The third-order valence-electron chi connectivity index (χ3n) is 1.99. The van der Waals surface area contributed by atoms with Gasteiger partial charge in [0.05, 0.1) is 6.10 Å². The summed E-state index contributed by atoms with van der Waals surface area (Å²) in [6, 6.07) is 4.74. The minimum absolute atomic E-state index is 0.0224. The van der Waals surface area contributed by atoms with Gasteiger partial charge in [0.25, 0.3) is 0 Å². The quantitative estimate of drug-likeness (QED) is 0.783. The maximum absolute atomic E-state index is 13.0. The smallest absolute Gasteiger partial charge is 0.123 e. The van der Waals surface area contributed by atoms with E-state index in [1.54, 1.807) is 0 Å². The Morgan fingerprint density at radius 2 is 2.21 bits per heavy atom. The lowest BCUT2D eigenvalue weighted by Gasteiger charge is -2.14. The first-order valence-electron chi connectivity index (χ1n) is 4.41. The molecule has 1 aromatic rings. The molecule has 1 aromatic carbocycles. The lowest BCUT2D eigenvalue weighted by atomic mass is 10.0. The highest BCUT2D eigenvalue weighted by Gasteiger charge is 2.11. The Balaban J connectivity index is 2.91. The summed E-state index contributed by atoms with van der Waals surface area (Å²) in [6.07, 6.45) is 0.200. The molecule has 1 N–H and O–H groups in total. The fourth-order valence-corrected chi connectivity index (χ4v) is 1.67. The third-order valence-corrected chi connectivity index (χ3v) is 2.32. The van der Waals surface area contributed by atoms with E-state index < -0.39 is 0 Å². The molecule has 1 rings (SSSR count). The van der Waals surface area contributed by atoms with E-state index in [9.17, 15) is 4.39 Å². The molecule has 4 heteroatoms. The van der Waals surface area contributed by atoms with Crippen LogP contribution in [0, 0.1) is 12.7 Å². The molecule has 2 nitrogen and oxygen atoms in total. The number of rotatable bonds is 4. The van der Waals surface area contributed by atoms with Gasteiger partial charge >= 0.3 is 0 Å². The van der Waals surface area contributed by atoms with E-state index in [0.29, 0.717) is 6.42 Å². The maximum atomic E-state index is 13.0. The molecule has 0 saturated heterocycles. The summed E-state index contributed by atoms with van der Waals surface area (Å²) in [5.74, 6) is -0.273. The zero-order valence-corrected chi connectivity index (χ0v) is 9.19. The van der Waals surface area contributed by atoms with Crippen LogP contribution in [0.1, 0.15) is 23.7 Å². The summed E-state index contributed by atoms with van der Waals surface area (Å²) >= 11 is 0. The number of aliphatic hydroxyl groups is 1. The number of aliphatic hydroxyl groups excluding tert-OH is 1. The van der Waals surface area contributed by atoms with Crippen molar-refractivity contribution < 1.29 is 14.0 Å². The molecular weight excluding hydrogens is 202 g/mol. The van der Waals surface area contributed by atoms with Gasteiger partial charge in [0.1, 0.15) is 5.82 Å². The van der Waals surface area contributed by atoms with Crippen LogP contribution in [0.15, 0.2) is 18.2 Å². The Morgan fingerprint density at radius 3 is 2.71 bits per heavy atom. The molecule has 0 saturated carbocycles. The second kappa shape index (κ2) is 5.40. The van der Waals surface area contributed by atoms with E-state index in [-0.39, 0.29) is 18.5 Å². The average Bonchev–Trinajstić information content (AvgIpc) is 2.12. The summed E-state index contributed by atoms with van der Waals surface area (Å²) in [4.78, 5) is 0. The van der Waals surface area contributed by atoms with E-state index in [2.05, 4.69) is 9.47 Å². The van der Waals surface area contributed by atoms with Crippen LogP contribution in [0.25, 0.3) is 0 Å². The van der Waals surface area contributed by atoms with Crippen molar-refractivity contribution in [2.75, 3.05) is 6.61 Å². The minimum Gasteiger partial charge on any atom is -0.396 e. The van der Waals surface area contributed by atoms with Gasteiger partial charge in [-0.3, -0.25) is 0 Å². The van der Waals surface area contributed by atoms with Gasteiger partial charge < -0.3 is 9.63 Å². The van der Waals surface area contributed by atoms with Crippen LogP contribution in [-0.2, 0) is 4.52 Å². The molecule has 0 spiro atoms. The van der Waals surface area contributed by atoms with Gasteiger partial charge in [-0.15, -0.1) is 0 Å². The van der Waals surface area contributed by atoms with E-state index in [1.165, 1.54) is 12.1 Å². The van der Waals surface area contributed by atoms with Crippen LogP contribution in [0.2, 0.25) is 0 Å². The van der Waals surface area contributed by atoms with Crippen molar-refractivity contribution in [1.82, 2.24) is 0 Å². The molecule has 0 aliphatic rings. The first-order valence-corrected chi connectivity index (χ1v) is 4.88. The average molecular weight is 216 g/mol. The third kappa shape index (κ3) is 3.02. The highest BCUT2D eigenvalue weighted by Crippen LogP contribution is 2.24. The largest absolute Gasteiger partial charge is 0.396 e. The first kappa shape index (κ1) is 11.6. The number of hydrogen-bond donors (Lipinski definition) is 1. The first-order chi connectivity index (χ1) is 6.67. The number of aryl methyl sites for hydroxylation is 1. The molecule has 14 heavy (non-hydrogen) atoms. The van der Waals surface area contributed by atoms with E-state index >= 15 is 0 Å². The predicted octanol–water partition coefficient (Wildman–Crippen LogP) is 2.36. The van der Waals surface area contributed by atoms with Crippen molar-refractivity contribution >= 4 is 9.47 Å². The topological polar surface area (TPSA) is 29.5 Å². The Labute approximate surface area is 85.4 Å². The number of halogens is 1. The molecule has 0 bridgehead atoms. The zero-order valence-electron chi connectivity index (χ0n) is 8.03. The molecule has 0 radical (unpaired) electrons. The Bertz CT molecular complexity index is 284. The number of hydrogen-bond acceptors (Lipinski definition) is 2. The Morgan fingerprint density at radius 1 is 1.50 bits per heavy atom. The summed E-state index contributed by atoms with van der Waals surface area (Å²) in [7, 11) is 2.14. The fraction of sp³-hybridized carbons (Fsp3) is 0.400. The maximum Gasteiger partial charge on any atom is 0.123 e. The number of benzene rings is 1. The summed E-state index contributed by atoms with van der Waals surface area (Å²) in [6.45, 7) is 1.85. The van der Waals surface area contributed by atoms with Crippen molar-refractivity contribution in [2.45, 2.75) is 19.4 Å².